The molecule has 0 fully saturated rings. The summed E-state index contributed by atoms with van der Waals surface area (Å²) in [5, 5.41) is 14.8. The van der Waals surface area contributed by atoms with Gasteiger partial charge in [0.25, 0.3) is 0 Å². The summed E-state index contributed by atoms with van der Waals surface area (Å²) in [6.45, 7) is 3.94. The summed E-state index contributed by atoms with van der Waals surface area (Å²) in [7, 11) is 5.41. The zero-order valence-corrected chi connectivity index (χ0v) is 17.1. The second kappa shape index (κ2) is 14.4. The Morgan fingerprint density at radius 2 is 1.64 bits per heavy atom. The number of amides is 1. The van der Waals surface area contributed by atoms with Crippen LogP contribution in [0.3, 0.4) is 0 Å². The molecule has 9 heteroatoms. The van der Waals surface area contributed by atoms with Gasteiger partial charge in [-0.25, -0.2) is 14.4 Å². The van der Waals surface area contributed by atoms with Crippen molar-refractivity contribution >= 4 is 18.0 Å². The average Bonchev–Trinajstić information content (AvgIpc) is 2.63. The minimum absolute atomic E-state index is 0.378. The molecular formula is C19H31N3O6. The van der Waals surface area contributed by atoms with Crippen molar-refractivity contribution in [3.05, 3.63) is 24.0 Å². The normalized spacial score (nSPS) is 10.0. The van der Waals surface area contributed by atoms with E-state index >= 15 is 0 Å². The molecule has 0 saturated carbocycles. The summed E-state index contributed by atoms with van der Waals surface area (Å²) in [4.78, 5) is 37.9. The Hall–Kier alpha value is -2.68. The molecule has 0 aliphatic carbocycles. The molecule has 0 bridgehead atoms. The van der Waals surface area contributed by atoms with Crippen molar-refractivity contribution < 1.29 is 29.3 Å². The maximum atomic E-state index is 11.7. The van der Waals surface area contributed by atoms with E-state index in [-0.39, 0.29) is 6.09 Å². The number of unbranched alkanes of at least 4 members (excludes halogenated alkanes) is 4. The highest BCUT2D eigenvalue weighted by Gasteiger charge is 2.13. The number of carboxylic acid groups (broad SMARTS) is 2. The third-order valence-electron chi connectivity index (χ3n) is 3.66. The molecule has 9 nitrogen and oxygen atoms in total. The molecule has 28 heavy (non-hydrogen) atoms. The first-order valence-electron chi connectivity index (χ1n) is 9.16. The summed E-state index contributed by atoms with van der Waals surface area (Å²) in [5.41, 5.74) is 0.800. The van der Waals surface area contributed by atoms with E-state index in [1.54, 1.807) is 32.4 Å². The van der Waals surface area contributed by atoms with Gasteiger partial charge in [0.15, 0.2) is 5.75 Å². The van der Waals surface area contributed by atoms with Crippen molar-refractivity contribution in [3.8, 4) is 5.75 Å². The number of carboxylic acids is 2. The van der Waals surface area contributed by atoms with Gasteiger partial charge in [0, 0.05) is 26.8 Å². The summed E-state index contributed by atoms with van der Waals surface area (Å²) >= 11 is 0. The molecular weight excluding hydrogens is 366 g/mol. The molecule has 2 N–H and O–H groups in total. The first-order chi connectivity index (χ1) is 13.2. The lowest BCUT2D eigenvalue weighted by Gasteiger charge is -2.18. The van der Waals surface area contributed by atoms with Crippen LogP contribution in [-0.4, -0.2) is 70.7 Å². The topological polar surface area (TPSA) is 120 Å². The number of ether oxygens (including phenoxy) is 1. The van der Waals surface area contributed by atoms with Gasteiger partial charge in [0.1, 0.15) is 0 Å². The maximum Gasteiger partial charge on any atom is 0.414 e. The van der Waals surface area contributed by atoms with Crippen LogP contribution in [0.4, 0.5) is 4.79 Å². The lowest BCUT2D eigenvalue weighted by molar-refractivity contribution is -0.159. The minimum atomic E-state index is -1.82. The minimum Gasteiger partial charge on any atom is -0.473 e. The van der Waals surface area contributed by atoms with E-state index in [4.69, 9.17) is 24.5 Å². The van der Waals surface area contributed by atoms with Crippen LogP contribution in [0.25, 0.3) is 0 Å². The molecule has 1 aromatic rings. The van der Waals surface area contributed by atoms with Gasteiger partial charge in [-0.15, -0.1) is 0 Å². The number of carbonyl (C=O) groups excluding carboxylic acids is 1. The van der Waals surface area contributed by atoms with Crippen LogP contribution in [0.2, 0.25) is 0 Å². The number of rotatable bonds is 9. The Labute approximate surface area is 165 Å². The molecule has 0 aromatic carbocycles. The number of pyridine rings is 1. The van der Waals surface area contributed by atoms with Gasteiger partial charge in [0.2, 0.25) is 0 Å². The Morgan fingerprint density at radius 1 is 1.04 bits per heavy atom. The van der Waals surface area contributed by atoms with Gasteiger partial charge in [-0.3, -0.25) is 4.98 Å². The fraction of sp³-hybridized carbons (Fsp3) is 0.579. The fourth-order valence-electron chi connectivity index (χ4n) is 2.14. The summed E-state index contributed by atoms with van der Waals surface area (Å²) in [5.74, 6) is -3.11. The molecule has 0 saturated heterocycles. The molecule has 1 rings (SSSR count). The van der Waals surface area contributed by atoms with Gasteiger partial charge >= 0.3 is 18.0 Å². The van der Waals surface area contributed by atoms with Crippen LogP contribution in [0, 0.1) is 0 Å². The number of carbonyl (C=O) groups is 3. The first kappa shape index (κ1) is 25.3. The highest BCUT2D eigenvalue weighted by Crippen LogP contribution is 2.18. The average molecular weight is 397 g/mol. The van der Waals surface area contributed by atoms with E-state index in [2.05, 4.69) is 23.9 Å². The standard InChI is InChI=1S/C17H29N3O2.C2H2O4/c1-5-6-7-8-9-13-20(4)14-15-16(11-10-12-18-15)22-17(21)19(2)3;3-1(4)2(5)6/h10-12H,5-9,13-14H2,1-4H3;(H,3,4)(H,5,6). The lowest BCUT2D eigenvalue weighted by Crippen LogP contribution is -2.26. The molecule has 0 aliphatic rings. The smallest absolute Gasteiger partial charge is 0.414 e. The van der Waals surface area contributed by atoms with Crippen molar-refractivity contribution in [3.63, 3.8) is 0 Å². The maximum absolute atomic E-state index is 11.7. The summed E-state index contributed by atoms with van der Waals surface area (Å²) in [6, 6.07) is 3.57. The summed E-state index contributed by atoms with van der Waals surface area (Å²) in [6.07, 6.45) is 7.70. The van der Waals surface area contributed by atoms with Crippen LogP contribution >= 0.6 is 0 Å². The molecule has 0 spiro atoms. The Balaban J connectivity index is 0.00000105. The van der Waals surface area contributed by atoms with Crippen LogP contribution in [0.1, 0.15) is 44.7 Å². The Morgan fingerprint density at radius 3 is 2.18 bits per heavy atom. The largest absolute Gasteiger partial charge is 0.473 e. The second-order valence-corrected chi connectivity index (χ2v) is 6.47. The molecule has 0 atom stereocenters. The van der Waals surface area contributed by atoms with Gasteiger partial charge in [-0.2, -0.15) is 0 Å². The number of aliphatic carboxylic acids is 2. The zero-order valence-electron chi connectivity index (χ0n) is 17.1. The Kier molecular flexibility index (Phi) is 13.0. The molecule has 158 valence electrons. The highest BCUT2D eigenvalue weighted by atomic mass is 16.6. The van der Waals surface area contributed by atoms with E-state index in [0.29, 0.717) is 12.3 Å². The predicted octanol–water partition coefficient (Wildman–Crippen LogP) is 2.70. The van der Waals surface area contributed by atoms with Crippen LogP contribution in [0.15, 0.2) is 18.3 Å². The van der Waals surface area contributed by atoms with E-state index in [9.17, 15) is 4.79 Å². The van der Waals surface area contributed by atoms with Crippen LogP contribution in [-0.2, 0) is 16.1 Å². The number of hydrogen-bond acceptors (Lipinski definition) is 6. The lowest BCUT2D eigenvalue weighted by atomic mass is 10.1. The SMILES string of the molecule is CCCCCCCN(C)Cc1ncccc1OC(=O)N(C)C.O=C(O)C(=O)O. The van der Waals surface area contributed by atoms with Crippen molar-refractivity contribution in [2.75, 3.05) is 27.7 Å². The molecule has 1 amide bonds. The van der Waals surface area contributed by atoms with Crippen LogP contribution in [0.5, 0.6) is 5.75 Å². The van der Waals surface area contributed by atoms with Crippen molar-refractivity contribution in [1.82, 2.24) is 14.8 Å². The quantitative estimate of drug-likeness (QED) is 0.482. The monoisotopic (exact) mass is 397 g/mol. The molecule has 0 unspecified atom stereocenters. The number of aromatic nitrogens is 1. The number of hydrogen-bond donors (Lipinski definition) is 2. The van der Waals surface area contributed by atoms with Gasteiger partial charge < -0.3 is 24.7 Å². The zero-order chi connectivity index (χ0) is 21.5. The van der Waals surface area contributed by atoms with E-state index in [1.807, 2.05) is 0 Å². The summed E-state index contributed by atoms with van der Waals surface area (Å²) < 4.78 is 5.36. The van der Waals surface area contributed by atoms with Crippen LogP contribution < -0.4 is 4.74 Å². The Bertz CT molecular complexity index is 609. The fourth-order valence-corrected chi connectivity index (χ4v) is 2.14. The predicted molar refractivity (Wildman–Crippen MR) is 104 cm³/mol. The molecule has 0 radical (unpaired) electrons. The van der Waals surface area contributed by atoms with E-state index in [0.717, 1.165) is 12.2 Å². The highest BCUT2D eigenvalue weighted by molar-refractivity contribution is 6.27. The van der Waals surface area contributed by atoms with Gasteiger partial charge in [0.05, 0.1) is 5.69 Å². The van der Waals surface area contributed by atoms with E-state index < -0.39 is 11.9 Å². The first-order valence-corrected chi connectivity index (χ1v) is 9.16. The van der Waals surface area contributed by atoms with Crippen molar-refractivity contribution in [2.45, 2.75) is 45.6 Å². The second-order valence-electron chi connectivity index (χ2n) is 6.47. The van der Waals surface area contributed by atoms with Crippen molar-refractivity contribution in [2.24, 2.45) is 0 Å². The molecule has 1 heterocycles. The van der Waals surface area contributed by atoms with E-state index in [1.165, 1.54) is 37.0 Å². The molecule has 1 aromatic heterocycles. The molecule has 0 aliphatic heterocycles. The third kappa shape index (κ3) is 11.8. The van der Waals surface area contributed by atoms with Gasteiger partial charge in [-0.1, -0.05) is 32.6 Å². The third-order valence-corrected chi connectivity index (χ3v) is 3.66. The van der Waals surface area contributed by atoms with Gasteiger partial charge in [-0.05, 0) is 32.1 Å². The van der Waals surface area contributed by atoms with Crippen molar-refractivity contribution in [1.29, 1.82) is 0 Å². The number of nitrogens with zero attached hydrogens (tertiary/aromatic N) is 3.